The number of aliphatic imine (C=N–C) groups is 1. The van der Waals surface area contributed by atoms with Gasteiger partial charge in [-0.25, -0.2) is 4.98 Å². The normalized spacial score (nSPS) is 15.1. The van der Waals surface area contributed by atoms with Gasteiger partial charge in [-0.1, -0.05) is 24.3 Å². The number of halogens is 1. The molecule has 0 atom stereocenters. The molecule has 0 bridgehead atoms. The maximum atomic E-state index is 5.99. The molecule has 1 aliphatic heterocycles. The van der Waals surface area contributed by atoms with Crippen LogP contribution in [0.15, 0.2) is 34.6 Å². The van der Waals surface area contributed by atoms with Crippen LogP contribution in [0.5, 0.6) is 0 Å². The van der Waals surface area contributed by atoms with Gasteiger partial charge < -0.3 is 19.7 Å². The minimum atomic E-state index is 0. The largest absolute Gasteiger partial charge is 0.381 e. The number of nitrogens with zero attached hydrogens (tertiary/aromatic N) is 3. The summed E-state index contributed by atoms with van der Waals surface area (Å²) < 4.78 is 11.4. The van der Waals surface area contributed by atoms with E-state index in [1.807, 2.05) is 21.0 Å². The summed E-state index contributed by atoms with van der Waals surface area (Å²) in [6.45, 7) is 5.79. The van der Waals surface area contributed by atoms with Crippen LogP contribution in [-0.2, 0) is 29.2 Å². The quantitative estimate of drug-likeness (QED) is 0.334. The third kappa shape index (κ3) is 7.84. The molecule has 1 aromatic heterocycles. The smallest absolute Gasteiger partial charge is 0.194 e. The molecule has 0 saturated carbocycles. The molecule has 1 fully saturated rings. The van der Waals surface area contributed by atoms with E-state index in [9.17, 15) is 0 Å². The van der Waals surface area contributed by atoms with Crippen LogP contribution in [0.2, 0.25) is 0 Å². The molecule has 29 heavy (non-hydrogen) atoms. The molecule has 1 N–H and O–H groups in total. The zero-order chi connectivity index (χ0) is 19.8. The highest BCUT2D eigenvalue weighted by atomic mass is 127. The highest BCUT2D eigenvalue weighted by Crippen LogP contribution is 2.14. The maximum Gasteiger partial charge on any atom is 0.194 e. The third-order valence-electron chi connectivity index (χ3n) is 4.77. The number of hydrogen-bond acceptors (Lipinski definition) is 5. The molecule has 2 heterocycles. The molecule has 0 amide bonds. The van der Waals surface area contributed by atoms with Crippen LogP contribution in [0, 0.1) is 6.92 Å². The van der Waals surface area contributed by atoms with Gasteiger partial charge in [0.25, 0.3) is 0 Å². The summed E-state index contributed by atoms with van der Waals surface area (Å²) in [7, 11) is 3.84. The van der Waals surface area contributed by atoms with Crippen LogP contribution in [0.3, 0.4) is 0 Å². The molecular formula is C21H31IN4O2S. The van der Waals surface area contributed by atoms with Crippen LogP contribution >= 0.6 is 35.3 Å². The van der Waals surface area contributed by atoms with Crippen molar-refractivity contribution in [2.75, 3.05) is 27.3 Å². The lowest BCUT2D eigenvalue weighted by atomic mass is 10.1. The van der Waals surface area contributed by atoms with Gasteiger partial charge in [-0.3, -0.25) is 4.99 Å². The van der Waals surface area contributed by atoms with Gasteiger partial charge in [-0.05, 0) is 30.9 Å². The minimum Gasteiger partial charge on any atom is -0.381 e. The molecule has 1 aromatic carbocycles. The zero-order valence-corrected chi connectivity index (χ0v) is 20.5. The fraction of sp³-hybridized carbons (Fsp3) is 0.524. The van der Waals surface area contributed by atoms with Crippen molar-refractivity contribution in [1.29, 1.82) is 0 Å². The average Bonchev–Trinajstić information content (AvgIpc) is 3.13. The lowest BCUT2D eigenvalue weighted by Crippen LogP contribution is -2.38. The summed E-state index contributed by atoms with van der Waals surface area (Å²) in [5.74, 6) is 0.859. The first-order valence-electron chi connectivity index (χ1n) is 9.74. The lowest BCUT2D eigenvalue weighted by molar-refractivity contribution is -0.0390. The molecule has 160 valence electrons. The number of aryl methyl sites for hydroxylation is 1. The Morgan fingerprint density at radius 2 is 1.97 bits per heavy atom. The Bertz CT molecular complexity index is 760. The molecule has 3 rings (SSSR count). The first-order valence-corrected chi connectivity index (χ1v) is 10.6. The number of guanidine groups is 1. The van der Waals surface area contributed by atoms with Crippen molar-refractivity contribution in [3.8, 4) is 0 Å². The number of ether oxygens (including phenoxy) is 2. The predicted molar refractivity (Wildman–Crippen MR) is 129 cm³/mol. The SMILES string of the molecule is CN=C(NCc1ccc(COC2CCOCC2)cc1)N(C)Cc1csc(C)n1.I. The van der Waals surface area contributed by atoms with Crippen LogP contribution in [0.1, 0.15) is 34.7 Å². The fourth-order valence-electron chi connectivity index (χ4n) is 3.17. The van der Waals surface area contributed by atoms with E-state index >= 15 is 0 Å². The summed E-state index contributed by atoms with van der Waals surface area (Å²) in [6.07, 6.45) is 2.32. The molecular weight excluding hydrogens is 499 g/mol. The van der Waals surface area contributed by atoms with Gasteiger partial charge >= 0.3 is 0 Å². The third-order valence-corrected chi connectivity index (χ3v) is 5.59. The van der Waals surface area contributed by atoms with Crippen LogP contribution < -0.4 is 5.32 Å². The van der Waals surface area contributed by atoms with E-state index in [1.54, 1.807) is 11.3 Å². The number of benzene rings is 1. The Morgan fingerprint density at radius 1 is 1.28 bits per heavy atom. The zero-order valence-electron chi connectivity index (χ0n) is 17.4. The molecule has 8 heteroatoms. The van der Waals surface area contributed by atoms with E-state index in [2.05, 4.69) is 49.8 Å². The van der Waals surface area contributed by atoms with Crippen molar-refractivity contribution >= 4 is 41.3 Å². The van der Waals surface area contributed by atoms with Crippen molar-refractivity contribution in [3.63, 3.8) is 0 Å². The highest BCUT2D eigenvalue weighted by Gasteiger charge is 2.14. The summed E-state index contributed by atoms with van der Waals surface area (Å²) in [5.41, 5.74) is 3.49. The van der Waals surface area contributed by atoms with Crippen molar-refractivity contribution in [1.82, 2.24) is 15.2 Å². The number of hydrogen-bond donors (Lipinski definition) is 1. The number of rotatable bonds is 7. The topological polar surface area (TPSA) is 59.0 Å². The molecule has 1 saturated heterocycles. The van der Waals surface area contributed by atoms with E-state index in [-0.39, 0.29) is 24.0 Å². The average molecular weight is 530 g/mol. The summed E-state index contributed by atoms with van der Waals surface area (Å²) >= 11 is 1.68. The highest BCUT2D eigenvalue weighted by molar-refractivity contribution is 14.0. The van der Waals surface area contributed by atoms with E-state index in [0.29, 0.717) is 12.7 Å². The van der Waals surface area contributed by atoms with E-state index in [4.69, 9.17) is 9.47 Å². The Hall–Kier alpha value is -1.23. The van der Waals surface area contributed by atoms with E-state index in [0.717, 1.165) is 55.8 Å². The molecule has 6 nitrogen and oxygen atoms in total. The van der Waals surface area contributed by atoms with Crippen LogP contribution in [0.4, 0.5) is 0 Å². The van der Waals surface area contributed by atoms with Gasteiger partial charge in [0.05, 0.1) is 30.0 Å². The second-order valence-corrected chi connectivity index (χ2v) is 8.12. The number of aromatic nitrogens is 1. The predicted octanol–water partition coefficient (Wildman–Crippen LogP) is 3.97. The minimum absolute atomic E-state index is 0. The van der Waals surface area contributed by atoms with Gasteiger partial charge in [-0.15, -0.1) is 35.3 Å². The molecule has 0 unspecified atom stereocenters. The van der Waals surface area contributed by atoms with Gasteiger partial charge in [0.1, 0.15) is 0 Å². The molecule has 1 aliphatic rings. The molecule has 2 aromatic rings. The van der Waals surface area contributed by atoms with E-state index in [1.165, 1.54) is 11.1 Å². The number of thiazole rings is 1. The Morgan fingerprint density at radius 3 is 2.59 bits per heavy atom. The van der Waals surface area contributed by atoms with E-state index < -0.39 is 0 Å². The number of nitrogens with one attached hydrogen (secondary N) is 1. The molecule has 0 spiro atoms. The summed E-state index contributed by atoms with van der Waals surface area (Å²) in [4.78, 5) is 11.0. The first-order chi connectivity index (χ1) is 13.6. The summed E-state index contributed by atoms with van der Waals surface area (Å²) in [5, 5.41) is 6.61. The van der Waals surface area contributed by atoms with Gasteiger partial charge in [-0.2, -0.15) is 0 Å². The Kier molecular flexibility index (Phi) is 10.3. The van der Waals surface area contributed by atoms with Crippen LogP contribution in [0.25, 0.3) is 0 Å². The Labute approximate surface area is 194 Å². The second-order valence-electron chi connectivity index (χ2n) is 7.05. The van der Waals surface area contributed by atoms with Crippen molar-refractivity contribution in [3.05, 3.63) is 51.5 Å². The van der Waals surface area contributed by atoms with Crippen LogP contribution in [-0.4, -0.2) is 49.3 Å². The van der Waals surface area contributed by atoms with Crippen molar-refractivity contribution in [2.24, 2.45) is 4.99 Å². The maximum absolute atomic E-state index is 5.99. The summed E-state index contributed by atoms with van der Waals surface area (Å²) in [6, 6.07) is 8.57. The van der Waals surface area contributed by atoms with Crippen molar-refractivity contribution < 1.29 is 9.47 Å². The second kappa shape index (κ2) is 12.5. The van der Waals surface area contributed by atoms with Gasteiger partial charge in [0, 0.05) is 39.2 Å². The first kappa shape index (κ1) is 24.0. The van der Waals surface area contributed by atoms with Crippen molar-refractivity contribution in [2.45, 2.75) is 45.6 Å². The van der Waals surface area contributed by atoms with Gasteiger partial charge in [0.15, 0.2) is 5.96 Å². The standard InChI is InChI=1S/C21H30N4O2S.HI/c1-16-24-19(15-28-16)13-25(3)21(22-2)23-12-17-4-6-18(7-5-17)14-27-20-8-10-26-11-9-20;/h4-7,15,20H,8-14H2,1-3H3,(H,22,23);1H. The molecule has 0 radical (unpaired) electrons. The van der Waals surface area contributed by atoms with Gasteiger partial charge in [0.2, 0.25) is 0 Å². The monoisotopic (exact) mass is 530 g/mol. The lowest BCUT2D eigenvalue weighted by Gasteiger charge is -2.22. The fourth-order valence-corrected chi connectivity index (χ4v) is 3.78. The molecule has 0 aliphatic carbocycles. The Balaban J connectivity index is 0.00000300.